The van der Waals surface area contributed by atoms with Gasteiger partial charge in [-0.25, -0.2) is 4.79 Å². The maximum Gasteiger partial charge on any atom is 0.321 e. The zero-order valence-electron chi connectivity index (χ0n) is 12.4. The van der Waals surface area contributed by atoms with Gasteiger partial charge in [0.2, 0.25) is 0 Å². The van der Waals surface area contributed by atoms with Crippen molar-refractivity contribution < 1.29 is 14.7 Å². The number of nitrogens with zero attached hydrogens (tertiary/aromatic N) is 1. The van der Waals surface area contributed by atoms with Crippen LogP contribution in [0.25, 0.3) is 0 Å². The molecular formula is C15H19BrN2O3. The minimum Gasteiger partial charge on any atom is -0.481 e. The van der Waals surface area contributed by atoms with E-state index in [1.807, 2.05) is 26.0 Å². The predicted molar refractivity (Wildman–Crippen MR) is 84.6 cm³/mol. The average Bonchev–Trinajstić information content (AvgIpc) is 2.80. The van der Waals surface area contributed by atoms with Gasteiger partial charge in [0.25, 0.3) is 0 Å². The number of amides is 2. The molecule has 0 saturated carbocycles. The molecule has 0 spiro atoms. The molecule has 1 atom stereocenters. The second-order valence-corrected chi connectivity index (χ2v) is 6.68. The maximum atomic E-state index is 12.2. The Labute approximate surface area is 132 Å². The molecule has 2 rings (SSSR count). The highest BCUT2D eigenvalue weighted by Crippen LogP contribution is 2.31. The quantitative estimate of drug-likeness (QED) is 0.854. The average molecular weight is 355 g/mol. The van der Waals surface area contributed by atoms with Gasteiger partial charge < -0.3 is 15.3 Å². The molecule has 1 aromatic carbocycles. The largest absolute Gasteiger partial charge is 0.481 e. The molecule has 0 radical (unpaired) electrons. The Bertz CT molecular complexity index is 580. The van der Waals surface area contributed by atoms with E-state index in [1.54, 1.807) is 11.8 Å². The molecule has 6 heteroatoms. The van der Waals surface area contributed by atoms with Gasteiger partial charge in [-0.3, -0.25) is 4.79 Å². The van der Waals surface area contributed by atoms with Crippen LogP contribution >= 0.6 is 15.9 Å². The number of aliphatic carboxylic acids is 1. The molecule has 2 amide bonds. The summed E-state index contributed by atoms with van der Waals surface area (Å²) in [5.41, 5.74) is 1.97. The monoisotopic (exact) mass is 354 g/mol. The van der Waals surface area contributed by atoms with Gasteiger partial charge in [-0.05, 0) is 50.5 Å². The first-order valence-electron chi connectivity index (χ1n) is 6.79. The maximum absolute atomic E-state index is 12.2. The summed E-state index contributed by atoms with van der Waals surface area (Å²) in [6.07, 6.45) is 0.480. The number of carbonyl (C=O) groups excluding carboxylic acids is 1. The lowest BCUT2D eigenvalue weighted by Crippen LogP contribution is -2.37. The van der Waals surface area contributed by atoms with Crippen LogP contribution in [0.3, 0.4) is 0 Å². The van der Waals surface area contributed by atoms with E-state index in [-0.39, 0.29) is 12.6 Å². The predicted octanol–water partition coefficient (Wildman–Crippen LogP) is 3.39. The number of carboxylic acid groups (broad SMARTS) is 1. The molecule has 0 aromatic heterocycles. The van der Waals surface area contributed by atoms with Crippen molar-refractivity contribution in [3.05, 3.63) is 27.7 Å². The number of nitrogens with one attached hydrogen (secondary N) is 1. The van der Waals surface area contributed by atoms with Crippen molar-refractivity contribution in [3.63, 3.8) is 0 Å². The van der Waals surface area contributed by atoms with Crippen LogP contribution in [0.15, 0.2) is 16.6 Å². The summed E-state index contributed by atoms with van der Waals surface area (Å²) in [5, 5.41) is 12.0. The zero-order chi connectivity index (χ0) is 15.8. The summed E-state index contributed by atoms with van der Waals surface area (Å²) < 4.78 is 1.03. The molecule has 2 N–H and O–H groups in total. The number of carbonyl (C=O) groups is 2. The minimum absolute atomic E-state index is 0.239. The fourth-order valence-electron chi connectivity index (χ4n) is 2.53. The van der Waals surface area contributed by atoms with Crippen LogP contribution in [-0.2, 0) is 4.79 Å². The molecule has 21 heavy (non-hydrogen) atoms. The Morgan fingerprint density at radius 1 is 1.33 bits per heavy atom. The van der Waals surface area contributed by atoms with E-state index in [0.29, 0.717) is 13.0 Å². The highest BCUT2D eigenvalue weighted by Gasteiger charge is 2.42. The second kappa shape index (κ2) is 5.67. The Morgan fingerprint density at radius 3 is 2.38 bits per heavy atom. The highest BCUT2D eigenvalue weighted by atomic mass is 79.9. The van der Waals surface area contributed by atoms with Crippen molar-refractivity contribution in [2.75, 3.05) is 18.4 Å². The Morgan fingerprint density at radius 2 is 1.90 bits per heavy atom. The summed E-state index contributed by atoms with van der Waals surface area (Å²) in [6, 6.07) is 3.53. The van der Waals surface area contributed by atoms with E-state index in [1.165, 1.54) is 0 Å². The van der Waals surface area contributed by atoms with Crippen molar-refractivity contribution in [2.24, 2.45) is 5.41 Å². The number of carboxylic acids is 1. The van der Waals surface area contributed by atoms with Gasteiger partial charge in [-0.15, -0.1) is 0 Å². The van der Waals surface area contributed by atoms with Crippen LogP contribution in [0.4, 0.5) is 10.5 Å². The standard InChI is InChI=1S/C15H19BrN2O3/c1-9-6-11(7-10(2)12(9)16)17-14(21)18-5-4-15(3,8-18)13(19)20/h6-7H,4-5,8H2,1-3H3,(H,17,21)(H,19,20). The summed E-state index contributed by atoms with van der Waals surface area (Å²) in [6.45, 7) is 6.30. The lowest BCUT2D eigenvalue weighted by Gasteiger charge is -2.21. The first-order valence-corrected chi connectivity index (χ1v) is 7.58. The number of anilines is 1. The smallest absolute Gasteiger partial charge is 0.321 e. The molecule has 1 aliphatic rings. The number of hydrogen-bond donors (Lipinski definition) is 2. The third-order valence-electron chi connectivity index (χ3n) is 3.96. The number of rotatable bonds is 2. The number of aryl methyl sites for hydroxylation is 2. The van der Waals surface area contributed by atoms with Gasteiger partial charge in [0.15, 0.2) is 0 Å². The molecule has 1 aliphatic heterocycles. The van der Waals surface area contributed by atoms with Crippen molar-refractivity contribution in [1.29, 1.82) is 0 Å². The van der Waals surface area contributed by atoms with E-state index >= 15 is 0 Å². The molecule has 114 valence electrons. The van der Waals surface area contributed by atoms with Gasteiger partial charge in [0, 0.05) is 23.2 Å². The normalized spacial score (nSPS) is 21.4. The molecule has 1 saturated heterocycles. The fraction of sp³-hybridized carbons (Fsp3) is 0.467. The number of likely N-dealkylation sites (tertiary alicyclic amines) is 1. The summed E-state index contributed by atoms with van der Waals surface area (Å²) in [5.74, 6) is -0.854. The summed E-state index contributed by atoms with van der Waals surface area (Å²) in [7, 11) is 0. The third kappa shape index (κ3) is 3.20. The lowest BCUT2D eigenvalue weighted by molar-refractivity contribution is -0.146. The first-order chi connectivity index (χ1) is 9.73. The molecule has 0 aliphatic carbocycles. The number of halogens is 1. The topological polar surface area (TPSA) is 69.6 Å². The van der Waals surface area contributed by atoms with E-state index in [4.69, 9.17) is 0 Å². The molecule has 1 heterocycles. The van der Waals surface area contributed by atoms with Gasteiger partial charge in [-0.1, -0.05) is 15.9 Å². The Balaban J connectivity index is 2.08. The Kier molecular flexibility index (Phi) is 4.27. The SMILES string of the molecule is Cc1cc(NC(=O)N2CCC(C)(C(=O)O)C2)cc(C)c1Br. The molecule has 1 fully saturated rings. The second-order valence-electron chi connectivity index (χ2n) is 5.89. The van der Waals surface area contributed by atoms with Gasteiger partial charge in [0.1, 0.15) is 0 Å². The van der Waals surface area contributed by atoms with Crippen LogP contribution in [0.5, 0.6) is 0 Å². The summed E-state index contributed by atoms with van der Waals surface area (Å²) >= 11 is 3.49. The minimum atomic E-state index is -0.854. The third-order valence-corrected chi connectivity index (χ3v) is 5.22. The van der Waals surface area contributed by atoms with Crippen molar-refractivity contribution in [3.8, 4) is 0 Å². The molecule has 1 aromatic rings. The number of urea groups is 1. The van der Waals surface area contributed by atoms with Crippen LogP contribution in [-0.4, -0.2) is 35.1 Å². The Hall–Kier alpha value is -1.56. The first kappa shape index (κ1) is 15.8. The van der Waals surface area contributed by atoms with Crippen molar-refractivity contribution >= 4 is 33.6 Å². The molecule has 0 bridgehead atoms. The van der Waals surface area contributed by atoms with Gasteiger partial charge in [-0.2, -0.15) is 0 Å². The van der Waals surface area contributed by atoms with E-state index in [2.05, 4.69) is 21.2 Å². The van der Waals surface area contributed by atoms with E-state index in [9.17, 15) is 14.7 Å². The molecule has 1 unspecified atom stereocenters. The molecular weight excluding hydrogens is 336 g/mol. The van der Waals surface area contributed by atoms with Crippen LogP contribution in [0, 0.1) is 19.3 Å². The number of hydrogen-bond acceptors (Lipinski definition) is 2. The van der Waals surface area contributed by atoms with E-state index < -0.39 is 11.4 Å². The van der Waals surface area contributed by atoms with E-state index in [0.717, 1.165) is 21.3 Å². The van der Waals surface area contributed by atoms with Crippen LogP contribution in [0.1, 0.15) is 24.5 Å². The number of benzene rings is 1. The highest BCUT2D eigenvalue weighted by molar-refractivity contribution is 9.10. The van der Waals surface area contributed by atoms with Crippen molar-refractivity contribution in [1.82, 2.24) is 4.90 Å². The zero-order valence-corrected chi connectivity index (χ0v) is 14.0. The van der Waals surface area contributed by atoms with Gasteiger partial charge >= 0.3 is 12.0 Å². The van der Waals surface area contributed by atoms with Crippen LogP contribution < -0.4 is 5.32 Å². The van der Waals surface area contributed by atoms with Gasteiger partial charge in [0.05, 0.1) is 5.41 Å². The summed E-state index contributed by atoms with van der Waals surface area (Å²) in [4.78, 5) is 25.0. The lowest BCUT2D eigenvalue weighted by atomic mass is 9.90. The van der Waals surface area contributed by atoms with Crippen molar-refractivity contribution in [2.45, 2.75) is 27.2 Å². The molecule has 5 nitrogen and oxygen atoms in total. The fourth-order valence-corrected chi connectivity index (χ4v) is 2.76. The van der Waals surface area contributed by atoms with Crippen LogP contribution in [0.2, 0.25) is 0 Å².